The third-order valence-electron chi connectivity index (χ3n) is 1.44. The number of carbonyl (C=O) groups excluding carboxylic acids is 1. The van der Waals surface area contributed by atoms with Crippen molar-refractivity contribution in [2.75, 3.05) is 7.11 Å². The van der Waals surface area contributed by atoms with Gasteiger partial charge in [-0.05, 0) is 18.2 Å². The van der Waals surface area contributed by atoms with Crippen molar-refractivity contribution in [3.05, 3.63) is 40.6 Å². The van der Waals surface area contributed by atoms with Crippen LogP contribution in [0, 0.1) is 0 Å². The van der Waals surface area contributed by atoms with E-state index < -0.39 is 5.97 Å². The molecule has 1 rings (SSSR count). The molecule has 0 saturated heterocycles. The molecule has 0 bridgehead atoms. The molecule has 0 aliphatic heterocycles. The van der Waals surface area contributed by atoms with Crippen molar-refractivity contribution in [1.82, 2.24) is 0 Å². The van der Waals surface area contributed by atoms with Crippen LogP contribution in [0.2, 0.25) is 10.0 Å². The van der Waals surface area contributed by atoms with Gasteiger partial charge in [-0.2, -0.15) is 0 Å². The van der Waals surface area contributed by atoms with E-state index in [0.717, 1.165) is 6.08 Å². The molecule has 0 atom stereocenters. The first-order chi connectivity index (χ1) is 7.13. The fourth-order valence-corrected chi connectivity index (χ4v) is 1.27. The van der Waals surface area contributed by atoms with Gasteiger partial charge in [0.25, 0.3) is 0 Å². The molecule has 0 aromatic heterocycles. The molecule has 1 aromatic rings. The zero-order valence-corrected chi connectivity index (χ0v) is 9.38. The van der Waals surface area contributed by atoms with E-state index in [-0.39, 0.29) is 10.8 Å². The number of ether oxygens (including phenoxy) is 2. The van der Waals surface area contributed by atoms with Gasteiger partial charge in [-0.1, -0.05) is 23.2 Å². The van der Waals surface area contributed by atoms with Crippen LogP contribution in [0.25, 0.3) is 0 Å². The topological polar surface area (TPSA) is 35.5 Å². The van der Waals surface area contributed by atoms with E-state index in [0.29, 0.717) is 5.02 Å². The van der Waals surface area contributed by atoms with Crippen LogP contribution in [-0.2, 0) is 9.53 Å². The summed E-state index contributed by atoms with van der Waals surface area (Å²) in [7, 11) is 1.43. The highest BCUT2D eigenvalue weighted by atomic mass is 35.5. The summed E-state index contributed by atoms with van der Waals surface area (Å²) >= 11 is 11.5. The molecule has 0 radical (unpaired) electrons. The molecule has 5 heteroatoms. The highest BCUT2D eigenvalue weighted by Crippen LogP contribution is 2.27. The van der Waals surface area contributed by atoms with Gasteiger partial charge in [-0.25, -0.2) is 4.79 Å². The van der Waals surface area contributed by atoms with Crippen molar-refractivity contribution in [1.29, 1.82) is 0 Å². The summed E-state index contributed by atoms with van der Waals surface area (Å²) in [5.41, 5.74) is 0. The van der Waals surface area contributed by atoms with Crippen LogP contribution < -0.4 is 4.74 Å². The average molecular weight is 247 g/mol. The van der Waals surface area contributed by atoms with Gasteiger partial charge in [0.05, 0.1) is 24.5 Å². The summed E-state index contributed by atoms with van der Waals surface area (Å²) < 4.78 is 9.47. The second kappa shape index (κ2) is 5.63. The van der Waals surface area contributed by atoms with Gasteiger partial charge < -0.3 is 9.47 Å². The summed E-state index contributed by atoms with van der Waals surface area (Å²) in [5.74, 6) is -0.312. The highest BCUT2D eigenvalue weighted by Gasteiger charge is 2.05. The van der Waals surface area contributed by atoms with Gasteiger partial charge in [-0.3, -0.25) is 0 Å². The maximum Gasteiger partial charge on any atom is 0.339 e. The first kappa shape index (κ1) is 11.9. The van der Waals surface area contributed by atoms with E-state index in [1.165, 1.54) is 25.5 Å². The van der Waals surface area contributed by atoms with Crippen molar-refractivity contribution in [2.45, 2.75) is 0 Å². The smallest absolute Gasteiger partial charge is 0.339 e. The summed E-state index contributed by atoms with van der Waals surface area (Å²) in [6.45, 7) is 0. The highest BCUT2D eigenvalue weighted by molar-refractivity contribution is 6.35. The van der Waals surface area contributed by atoms with Crippen molar-refractivity contribution in [3.63, 3.8) is 0 Å². The minimum atomic E-state index is -0.568. The van der Waals surface area contributed by atoms with Gasteiger partial charge in [0.2, 0.25) is 0 Å². The fraction of sp³-hybridized carbons (Fsp3) is 0.100. The first-order valence-electron chi connectivity index (χ1n) is 3.99. The summed E-state index contributed by atoms with van der Waals surface area (Å²) in [6, 6.07) is 4.59. The lowest BCUT2D eigenvalue weighted by atomic mass is 10.3. The average Bonchev–Trinajstić information content (AvgIpc) is 2.19. The Bertz CT molecular complexity index is 388. The summed E-state index contributed by atoms with van der Waals surface area (Å²) in [6.07, 6.45) is 2.36. The van der Waals surface area contributed by atoms with E-state index in [1.807, 2.05) is 0 Å². The quantitative estimate of drug-likeness (QED) is 0.356. The number of esters is 1. The Morgan fingerprint density at radius 3 is 2.73 bits per heavy atom. The molecule has 3 nitrogen and oxygen atoms in total. The molecule has 0 amide bonds. The molecular weight excluding hydrogens is 239 g/mol. The van der Waals surface area contributed by atoms with E-state index in [9.17, 15) is 4.79 Å². The van der Waals surface area contributed by atoms with Crippen LogP contribution in [0.4, 0.5) is 0 Å². The standard InChI is InChI=1S/C10H8Cl2O3/c1-14-5-4-10(13)15-9-3-2-7(11)6-8(9)12/h2-6H,1H3. The first-order valence-corrected chi connectivity index (χ1v) is 4.75. The lowest BCUT2D eigenvalue weighted by Crippen LogP contribution is -2.04. The Morgan fingerprint density at radius 2 is 2.13 bits per heavy atom. The van der Waals surface area contributed by atoms with Crippen molar-refractivity contribution in [2.24, 2.45) is 0 Å². The number of methoxy groups -OCH3 is 1. The van der Waals surface area contributed by atoms with Gasteiger partial charge in [-0.15, -0.1) is 0 Å². The molecule has 0 unspecified atom stereocenters. The maximum atomic E-state index is 11.1. The summed E-state index contributed by atoms with van der Waals surface area (Å²) in [5, 5.41) is 0.758. The Balaban J connectivity index is 2.72. The minimum Gasteiger partial charge on any atom is -0.504 e. The maximum absolute atomic E-state index is 11.1. The zero-order chi connectivity index (χ0) is 11.3. The Kier molecular flexibility index (Phi) is 4.46. The molecule has 0 fully saturated rings. The molecule has 15 heavy (non-hydrogen) atoms. The van der Waals surface area contributed by atoms with Crippen LogP contribution >= 0.6 is 23.2 Å². The Labute approximate surface area is 97.2 Å². The largest absolute Gasteiger partial charge is 0.504 e. The molecule has 1 aromatic carbocycles. The number of benzene rings is 1. The summed E-state index contributed by atoms with van der Waals surface area (Å²) in [4.78, 5) is 11.1. The molecule has 0 spiro atoms. The SMILES string of the molecule is COC=CC(=O)Oc1ccc(Cl)cc1Cl. The number of rotatable bonds is 3. The normalized spacial score (nSPS) is 10.3. The molecule has 0 N–H and O–H groups in total. The predicted molar refractivity (Wildman–Crippen MR) is 58.2 cm³/mol. The second-order valence-electron chi connectivity index (χ2n) is 2.53. The van der Waals surface area contributed by atoms with Crippen LogP contribution in [0.1, 0.15) is 0 Å². The van der Waals surface area contributed by atoms with Gasteiger partial charge in [0, 0.05) is 5.02 Å². The molecule has 0 aliphatic carbocycles. The van der Waals surface area contributed by atoms with E-state index in [4.69, 9.17) is 27.9 Å². The van der Waals surface area contributed by atoms with Crippen LogP contribution in [0.3, 0.4) is 0 Å². The van der Waals surface area contributed by atoms with Crippen LogP contribution in [0.15, 0.2) is 30.5 Å². The van der Waals surface area contributed by atoms with Crippen LogP contribution in [-0.4, -0.2) is 13.1 Å². The lowest BCUT2D eigenvalue weighted by molar-refractivity contribution is -0.129. The Morgan fingerprint density at radius 1 is 1.40 bits per heavy atom. The number of hydrogen-bond donors (Lipinski definition) is 0. The van der Waals surface area contributed by atoms with E-state index >= 15 is 0 Å². The van der Waals surface area contributed by atoms with Crippen LogP contribution in [0.5, 0.6) is 5.75 Å². The van der Waals surface area contributed by atoms with Crippen molar-refractivity contribution < 1.29 is 14.3 Å². The van der Waals surface area contributed by atoms with Gasteiger partial charge >= 0.3 is 5.97 Å². The van der Waals surface area contributed by atoms with E-state index in [2.05, 4.69) is 4.74 Å². The predicted octanol–water partition coefficient (Wildman–Crippen LogP) is 3.06. The molecule has 0 aliphatic rings. The molecule has 0 saturated carbocycles. The monoisotopic (exact) mass is 246 g/mol. The molecular formula is C10H8Cl2O3. The second-order valence-corrected chi connectivity index (χ2v) is 3.38. The van der Waals surface area contributed by atoms with E-state index in [1.54, 1.807) is 6.07 Å². The zero-order valence-electron chi connectivity index (χ0n) is 7.87. The fourth-order valence-electron chi connectivity index (χ4n) is 0.824. The number of halogens is 2. The third-order valence-corrected chi connectivity index (χ3v) is 1.98. The number of hydrogen-bond acceptors (Lipinski definition) is 3. The van der Waals surface area contributed by atoms with Crippen molar-refractivity contribution in [3.8, 4) is 5.75 Å². The molecule has 80 valence electrons. The van der Waals surface area contributed by atoms with Gasteiger partial charge in [0.1, 0.15) is 5.75 Å². The lowest BCUT2D eigenvalue weighted by Gasteiger charge is -2.03. The molecule has 0 heterocycles. The third kappa shape index (κ3) is 3.81. The van der Waals surface area contributed by atoms with Gasteiger partial charge in [0.15, 0.2) is 0 Å². The number of carbonyl (C=O) groups is 1. The Hall–Kier alpha value is -1.19. The minimum absolute atomic E-state index is 0.256. The van der Waals surface area contributed by atoms with Crippen molar-refractivity contribution >= 4 is 29.2 Å².